The molecule has 0 aliphatic carbocycles. The molecule has 0 aliphatic rings. The van der Waals surface area contributed by atoms with E-state index in [1.165, 1.54) is 11.1 Å². The number of carbonyl (C=O) groups is 1. The van der Waals surface area contributed by atoms with Gasteiger partial charge in [-0.1, -0.05) is 31.5 Å². The molecule has 1 rings (SSSR count). The molecule has 0 aliphatic heterocycles. The van der Waals surface area contributed by atoms with Crippen molar-refractivity contribution in [2.24, 2.45) is 0 Å². The van der Waals surface area contributed by atoms with Crippen LogP contribution in [0.15, 0.2) is 18.2 Å². The van der Waals surface area contributed by atoms with E-state index in [0.29, 0.717) is 0 Å². The smallest absolute Gasteiger partial charge is 0.227 e. The molecule has 0 bridgehead atoms. The number of nitrogens with one attached hydrogen (secondary N) is 1. The lowest BCUT2D eigenvalue weighted by molar-refractivity contribution is -0.122. The summed E-state index contributed by atoms with van der Waals surface area (Å²) in [6.45, 7) is 6.29. The van der Waals surface area contributed by atoms with E-state index in [-0.39, 0.29) is 11.8 Å². The van der Waals surface area contributed by atoms with E-state index in [4.69, 9.17) is 0 Å². The number of amides is 1. The molecule has 1 amide bonds. The number of benzene rings is 1. The van der Waals surface area contributed by atoms with Crippen LogP contribution in [0.3, 0.4) is 0 Å². The normalized spacial score (nSPS) is 12.2. The summed E-state index contributed by atoms with van der Waals surface area (Å²) in [4.78, 5) is 11.8. The van der Waals surface area contributed by atoms with Gasteiger partial charge in [-0.05, 0) is 37.0 Å². The molecule has 0 heterocycles. The molecule has 1 atom stereocenters. The molecule has 1 aromatic carbocycles. The Balaban J connectivity index is 3.01. The van der Waals surface area contributed by atoms with Crippen molar-refractivity contribution in [3.8, 4) is 0 Å². The minimum atomic E-state index is -0.00528. The highest BCUT2D eigenvalue weighted by molar-refractivity contribution is 5.83. The van der Waals surface area contributed by atoms with Gasteiger partial charge in [-0.15, -0.1) is 0 Å². The van der Waals surface area contributed by atoms with Crippen LogP contribution in [0.2, 0.25) is 0 Å². The van der Waals surface area contributed by atoms with Crippen LogP contribution < -0.4 is 5.32 Å². The summed E-state index contributed by atoms with van der Waals surface area (Å²) in [5.41, 5.74) is 3.66. The summed E-state index contributed by atoms with van der Waals surface area (Å²) >= 11 is 0. The Labute approximate surface area is 98.1 Å². The third-order valence-electron chi connectivity index (χ3n) is 3.07. The van der Waals surface area contributed by atoms with Crippen LogP contribution in [-0.2, 0) is 4.79 Å². The maximum absolute atomic E-state index is 11.8. The second-order valence-corrected chi connectivity index (χ2v) is 4.30. The fourth-order valence-electron chi connectivity index (χ4n) is 1.89. The van der Waals surface area contributed by atoms with Gasteiger partial charge in [0.1, 0.15) is 0 Å². The standard InChI is InChI=1S/C14H21NO/c1-5-6-13(14(16)15-4)12-8-7-10(2)11(3)9-12/h7-9,13H,5-6H2,1-4H3,(H,15,16). The van der Waals surface area contributed by atoms with Gasteiger partial charge in [0, 0.05) is 7.05 Å². The van der Waals surface area contributed by atoms with Gasteiger partial charge in [0.05, 0.1) is 5.92 Å². The van der Waals surface area contributed by atoms with E-state index in [1.54, 1.807) is 7.05 Å². The van der Waals surface area contributed by atoms with Gasteiger partial charge >= 0.3 is 0 Å². The molecule has 2 heteroatoms. The number of hydrogen-bond acceptors (Lipinski definition) is 1. The molecule has 0 saturated heterocycles. The zero-order valence-corrected chi connectivity index (χ0v) is 10.6. The van der Waals surface area contributed by atoms with E-state index in [2.05, 4.69) is 44.3 Å². The van der Waals surface area contributed by atoms with Crippen LogP contribution in [0, 0.1) is 13.8 Å². The van der Waals surface area contributed by atoms with Crippen molar-refractivity contribution < 1.29 is 4.79 Å². The molecule has 0 spiro atoms. The van der Waals surface area contributed by atoms with E-state index in [1.807, 2.05) is 0 Å². The number of aryl methyl sites for hydroxylation is 2. The third kappa shape index (κ3) is 2.84. The van der Waals surface area contributed by atoms with Gasteiger partial charge in [0.15, 0.2) is 0 Å². The topological polar surface area (TPSA) is 29.1 Å². The summed E-state index contributed by atoms with van der Waals surface area (Å²) in [7, 11) is 1.70. The van der Waals surface area contributed by atoms with Crippen molar-refractivity contribution in [2.45, 2.75) is 39.5 Å². The Kier molecular flexibility index (Phi) is 4.53. The molecule has 0 radical (unpaired) electrons. The van der Waals surface area contributed by atoms with Crippen LogP contribution >= 0.6 is 0 Å². The van der Waals surface area contributed by atoms with Crippen LogP contribution in [0.25, 0.3) is 0 Å². The number of carbonyl (C=O) groups excluding carboxylic acids is 1. The zero-order valence-electron chi connectivity index (χ0n) is 10.6. The van der Waals surface area contributed by atoms with Gasteiger partial charge in [-0.2, -0.15) is 0 Å². The number of rotatable bonds is 4. The highest BCUT2D eigenvalue weighted by atomic mass is 16.1. The second kappa shape index (κ2) is 5.69. The Morgan fingerprint density at radius 3 is 2.50 bits per heavy atom. The SMILES string of the molecule is CCCC(C(=O)NC)c1ccc(C)c(C)c1. The van der Waals surface area contributed by atoms with E-state index in [0.717, 1.165) is 18.4 Å². The summed E-state index contributed by atoms with van der Waals surface area (Å²) < 4.78 is 0. The minimum Gasteiger partial charge on any atom is -0.359 e. The first-order chi connectivity index (χ1) is 7.60. The first-order valence-electron chi connectivity index (χ1n) is 5.88. The molecule has 1 aromatic rings. The van der Waals surface area contributed by atoms with E-state index in [9.17, 15) is 4.79 Å². The van der Waals surface area contributed by atoms with Gasteiger partial charge in [-0.3, -0.25) is 4.79 Å². The lowest BCUT2D eigenvalue weighted by atomic mass is 9.91. The Bertz CT molecular complexity index is 371. The summed E-state index contributed by atoms with van der Waals surface area (Å²) in [5, 5.41) is 2.74. The van der Waals surface area contributed by atoms with Crippen molar-refractivity contribution in [1.82, 2.24) is 5.32 Å². The van der Waals surface area contributed by atoms with Crippen molar-refractivity contribution >= 4 is 5.91 Å². The predicted molar refractivity (Wildman–Crippen MR) is 67.6 cm³/mol. The molecule has 0 aromatic heterocycles. The molecule has 0 fully saturated rings. The quantitative estimate of drug-likeness (QED) is 0.828. The summed E-state index contributed by atoms with van der Waals surface area (Å²) in [6, 6.07) is 6.29. The minimum absolute atomic E-state index is 0.00528. The lowest BCUT2D eigenvalue weighted by Crippen LogP contribution is -2.25. The van der Waals surface area contributed by atoms with E-state index >= 15 is 0 Å². The number of hydrogen-bond donors (Lipinski definition) is 1. The molecular weight excluding hydrogens is 198 g/mol. The molecule has 0 saturated carbocycles. The highest BCUT2D eigenvalue weighted by Crippen LogP contribution is 2.23. The monoisotopic (exact) mass is 219 g/mol. The Morgan fingerprint density at radius 1 is 1.31 bits per heavy atom. The second-order valence-electron chi connectivity index (χ2n) is 4.30. The fraction of sp³-hybridized carbons (Fsp3) is 0.500. The maximum atomic E-state index is 11.8. The average Bonchev–Trinajstić information content (AvgIpc) is 2.29. The van der Waals surface area contributed by atoms with Gasteiger partial charge in [0.25, 0.3) is 0 Å². The van der Waals surface area contributed by atoms with Gasteiger partial charge in [-0.25, -0.2) is 0 Å². The summed E-state index contributed by atoms with van der Waals surface area (Å²) in [5.74, 6) is 0.111. The highest BCUT2D eigenvalue weighted by Gasteiger charge is 2.18. The largest absolute Gasteiger partial charge is 0.359 e. The fourth-order valence-corrected chi connectivity index (χ4v) is 1.89. The van der Waals surface area contributed by atoms with E-state index < -0.39 is 0 Å². The van der Waals surface area contributed by atoms with Gasteiger partial charge < -0.3 is 5.32 Å². The molecule has 1 unspecified atom stereocenters. The maximum Gasteiger partial charge on any atom is 0.227 e. The molecule has 16 heavy (non-hydrogen) atoms. The molecule has 88 valence electrons. The first kappa shape index (κ1) is 12.8. The first-order valence-corrected chi connectivity index (χ1v) is 5.88. The van der Waals surface area contributed by atoms with Crippen molar-refractivity contribution in [1.29, 1.82) is 0 Å². The van der Waals surface area contributed by atoms with Crippen molar-refractivity contribution in [3.63, 3.8) is 0 Å². The molecule has 2 nitrogen and oxygen atoms in total. The number of likely N-dealkylation sites (N-methyl/N-ethyl adjacent to an activating group) is 1. The van der Waals surface area contributed by atoms with Gasteiger partial charge in [0.2, 0.25) is 5.91 Å². The summed E-state index contributed by atoms with van der Waals surface area (Å²) in [6.07, 6.45) is 1.92. The molecular formula is C14H21NO. The Hall–Kier alpha value is -1.31. The van der Waals surface area contributed by atoms with Crippen LogP contribution in [0.1, 0.15) is 42.4 Å². The van der Waals surface area contributed by atoms with Crippen molar-refractivity contribution in [2.75, 3.05) is 7.05 Å². The van der Waals surface area contributed by atoms with Crippen LogP contribution in [0.5, 0.6) is 0 Å². The van der Waals surface area contributed by atoms with Crippen molar-refractivity contribution in [3.05, 3.63) is 34.9 Å². The van der Waals surface area contributed by atoms with Crippen LogP contribution in [-0.4, -0.2) is 13.0 Å². The zero-order chi connectivity index (χ0) is 12.1. The average molecular weight is 219 g/mol. The predicted octanol–water partition coefficient (Wildman–Crippen LogP) is 2.93. The Morgan fingerprint density at radius 2 is 2.00 bits per heavy atom. The third-order valence-corrected chi connectivity index (χ3v) is 3.07. The molecule has 1 N–H and O–H groups in total. The lowest BCUT2D eigenvalue weighted by Gasteiger charge is -2.16. The van der Waals surface area contributed by atoms with Crippen LogP contribution in [0.4, 0.5) is 0 Å².